The third kappa shape index (κ3) is 4.43. The van der Waals surface area contributed by atoms with E-state index in [0.29, 0.717) is 19.4 Å². The van der Waals surface area contributed by atoms with E-state index >= 15 is 0 Å². The molecular formula is C20H20N4OS2. The molecule has 1 aromatic carbocycles. The molecule has 138 valence electrons. The Morgan fingerprint density at radius 2 is 2.04 bits per heavy atom. The summed E-state index contributed by atoms with van der Waals surface area (Å²) >= 11 is 3.41. The highest BCUT2D eigenvalue weighted by Gasteiger charge is 2.08. The van der Waals surface area contributed by atoms with Crippen LogP contribution in [0.4, 0.5) is 0 Å². The SMILES string of the molecule is Cc1nc(-c2ccc(CCNC(=O)CCc3nc4ccccc4[nH]3)s2)cs1. The van der Waals surface area contributed by atoms with Gasteiger partial charge in [-0.25, -0.2) is 9.97 Å². The Bertz CT molecular complexity index is 1030. The van der Waals surface area contributed by atoms with E-state index in [-0.39, 0.29) is 5.91 Å². The fraction of sp³-hybridized carbons (Fsp3) is 0.250. The maximum atomic E-state index is 12.1. The topological polar surface area (TPSA) is 70.7 Å². The van der Waals surface area contributed by atoms with Crippen LogP contribution in [0.25, 0.3) is 21.6 Å². The average molecular weight is 397 g/mol. The van der Waals surface area contributed by atoms with Gasteiger partial charge in [0.05, 0.1) is 26.6 Å². The first-order valence-corrected chi connectivity index (χ1v) is 10.6. The number of carbonyl (C=O) groups is 1. The van der Waals surface area contributed by atoms with Gasteiger partial charge in [0.15, 0.2) is 0 Å². The summed E-state index contributed by atoms with van der Waals surface area (Å²) in [6.07, 6.45) is 1.89. The van der Waals surface area contributed by atoms with Gasteiger partial charge in [0.2, 0.25) is 5.91 Å². The van der Waals surface area contributed by atoms with Crippen molar-refractivity contribution in [3.05, 3.63) is 57.5 Å². The first-order valence-electron chi connectivity index (χ1n) is 8.89. The number of hydrogen-bond donors (Lipinski definition) is 2. The van der Waals surface area contributed by atoms with Crippen LogP contribution in [0.1, 0.15) is 22.1 Å². The number of amides is 1. The molecule has 4 aromatic rings. The number of thiophene rings is 1. The highest BCUT2D eigenvalue weighted by atomic mass is 32.1. The first-order chi connectivity index (χ1) is 13.2. The second kappa shape index (κ2) is 8.02. The molecule has 2 N–H and O–H groups in total. The number of aromatic nitrogens is 3. The first kappa shape index (κ1) is 17.9. The lowest BCUT2D eigenvalue weighted by Gasteiger charge is -2.03. The van der Waals surface area contributed by atoms with Gasteiger partial charge in [-0.1, -0.05) is 12.1 Å². The second-order valence-electron chi connectivity index (χ2n) is 6.32. The highest BCUT2D eigenvalue weighted by Crippen LogP contribution is 2.29. The van der Waals surface area contributed by atoms with Crippen LogP contribution in [0.2, 0.25) is 0 Å². The summed E-state index contributed by atoms with van der Waals surface area (Å²) in [4.78, 5) is 26.8. The number of imidazole rings is 1. The predicted octanol–water partition coefficient (Wildman–Crippen LogP) is 4.35. The number of fused-ring (bicyclic) bond motifs is 1. The quantitative estimate of drug-likeness (QED) is 0.488. The zero-order valence-corrected chi connectivity index (χ0v) is 16.6. The summed E-state index contributed by atoms with van der Waals surface area (Å²) in [6, 6.07) is 12.1. The third-order valence-corrected chi connectivity index (χ3v) is 6.20. The standard InChI is InChI=1S/C20H20N4OS2/c1-13-22-17(12-26-13)18-7-6-14(27-18)10-11-21-20(25)9-8-19-23-15-4-2-3-5-16(15)24-19/h2-7,12H,8-11H2,1H3,(H,21,25)(H,23,24). The number of para-hydroxylation sites is 2. The number of nitrogens with one attached hydrogen (secondary N) is 2. The van der Waals surface area contributed by atoms with Gasteiger partial charge in [0, 0.05) is 29.6 Å². The molecule has 0 spiro atoms. The van der Waals surface area contributed by atoms with Gasteiger partial charge in [0.25, 0.3) is 0 Å². The third-order valence-electron chi connectivity index (χ3n) is 4.25. The molecule has 0 bridgehead atoms. The molecule has 5 nitrogen and oxygen atoms in total. The number of hydrogen-bond acceptors (Lipinski definition) is 5. The van der Waals surface area contributed by atoms with Gasteiger partial charge in [-0.15, -0.1) is 22.7 Å². The summed E-state index contributed by atoms with van der Waals surface area (Å²) in [5.41, 5.74) is 3.00. The van der Waals surface area contributed by atoms with Crippen LogP contribution in [0.3, 0.4) is 0 Å². The molecule has 0 radical (unpaired) electrons. The lowest BCUT2D eigenvalue weighted by molar-refractivity contribution is -0.121. The van der Waals surface area contributed by atoms with Crippen molar-refractivity contribution in [2.45, 2.75) is 26.2 Å². The van der Waals surface area contributed by atoms with Gasteiger partial charge >= 0.3 is 0 Å². The summed E-state index contributed by atoms with van der Waals surface area (Å²) in [5, 5.41) is 6.17. The van der Waals surface area contributed by atoms with E-state index in [9.17, 15) is 4.79 Å². The molecule has 1 amide bonds. The zero-order valence-electron chi connectivity index (χ0n) is 15.0. The molecule has 0 aliphatic carbocycles. The Balaban J connectivity index is 1.23. The molecule has 0 aliphatic heterocycles. The second-order valence-corrected chi connectivity index (χ2v) is 8.55. The smallest absolute Gasteiger partial charge is 0.220 e. The van der Waals surface area contributed by atoms with E-state index in [1.54, 1.807) is 22.7 Å². The number of aromatic amines is 1. The predicted molar refractivity (Wildman–Crippen MR) is 111 cm³/mol. The minimum absolute atomic E-state index is 0.0577. The number of carbonyl (C=O) groups excluding carboxylic acids is 1. The minimum Gasteiger partial charge on any atom is -0.356 e. The summed E-state index contributed by atoms with van der Waals surface area (Å²) in [5.74, 6) is 0.912. The number of thiazole rings is 1. The molecule has 27 heavy (non-hydrogen) atoms. The highest BCUT2D eigenvalue weighted by molar-refractivity contribution is 7.16. The molecule has 0 saturated carbocycles. The molecule has 4 rings (SSSR count). The van der Waals surface area contributed by atoms with E-state index in [1.165, 1.54) is 9.75 Å². The van der Waals surface area contributed by atoms with Crippen molar-refractivity contribution in [3.8, 4) is 10.6 Å². The van der Waals surface area contributed by atoms with Crippen molar-refractivity contribution in [3.63, 3.8) is 0 Å². The van der Waals surface area contributed by atoms with Gasteiger partial charge in [-0.2, -0.15) is 0 Å². The fourth-order valence-electron chi connectivity index (χ4n) is 2.90. The molecule has 3 aromatic heterocycles. The molecule has 3 heterocycles. The van der Waals surface area contributed by atoms with Crippen LogP contribution >= 0.6 is 22.7 Å². The van der Waals surface area contributed by atoms with Crippen molar-refractivity contribution < 1.29 is 4.79 Å². The van der Waals surface area contributed by atoms with E-state index in [4.69, 9.17) is 0 Å². The number of benzene rings is 1. The van der Waals surface area contributed by atoms with Crippen LogP contribution in [-0.4, -0.2) is 27.4 Å². The molecule has 7 heteroatoms. The van der Waals surface area contributed by atoms with Crippen LogP contribution in [-0.2, 0) is 17.6 Å². The lowest BCUT2D eigenvalue weighted by Crippen LogP contribution is -2.25. The molecule has 0 aliphatic rings. The zero-order chi connectivity index (χ0) is 18.6. The number of nitrogens with zero attached hydrogens (tertiary/aromatic N) is 2. The Kier molecular flexibility index (Phi) is 5.31. The summed E-state index contributed by atoms with van der Waals surface area (Å²) in [6.45, 7) is 2.67. The lowest BCUT2D eigenvalue weighted by atomic mass is 10.2. The fourth-order valence-corrected chi connectivity index (χ4v) is 4.55. The van der Waals surface area contributed by atoms with Crippen LogP contribution in [0.5, 0.6) is 0 Å². The van der Waals surface area contributed by atoms with E-state index < -0.39 is 0 Å². The number of aryl methyl sites for hydroxylation is 2. The van der Waals surface area contributed by atoms with Crippen LogP contribution in [0.15, 0.2) is 41.8 Å². The molecule has 0 unspecified atom stereocenters. The number of rotatable bonds is 7. The molecule has 0 atom stereocenters. The van der Waals surface area contributed by atoms with E-state index in [0.717, 1.165) is 34.0 Å². The van der Waals surface area contributed by atoms with E-state index in [1.807, 2.05) is 31.2 Å². The Hall–Kier alpha value is -2.51. The van der Waals surface area contributed by atoms with Crippen molar-refractivity contribution in [1.29, 1.82) is 0 Å². The van der Waals surface area contributed by atoms with Crippen molar-refractivity contribution >= 4 is 39.6 Å². The maximum Gasteiger partial charge on any atom is 0.220 e. The molecular weight excluding hydrogens is 376 g/mol. The maximum absolute atomic E-state index is 12.1. The Morgan fingerprint density at radius 3 is 2.85 bits per heavy atom. The largest absolute Gasteiger partial charge is 0.356 e. The van der Waals surface area contributed by atoms with Crippen LogP contribution < -0.4 is 5.32 Å². The van der Waals surface area contributed by atoms with Crippen molar-refractivity contribution in [2.75, 3.05) is 6.54 Å². The van der Waals surface area contributed by atoms with E-state index in [2.05, 4.69) is 37.8 Å². The monoisotopic (exact) mass is 396 g/mol. The van der Waals surface area contributed by atoms with Gasteiger partial charge in [-0.05, 0) is 37.6 Å². The Morgan fingerprint density at radius 1 is 1.15 bits per heavy atom. The van der Waals surface area contributed by atoms with Gasteiger partial charge < -0.3 is 10.3 Å². The van der Waals surface area contributed by atoms with Crippen molar-refractivity contribution in [1.82, 2.24) is 20.3 Å². The molecule has 0 fully saturated rings. The average Bonchev–Trinajstić information content (AvgIpc) is 3.38. The number of H-pyrrole nitrogens is 1. The Labute approximate surface area is 165 Å². The van der Waals surface area contributed by atoms with Crippen molar-refractivity contribution in [2.24, 2.45) is 0 Å². The van der Waals surface area contributed by atoms with Gasteiger partial charge in [-0.3, -0.25) is 4.79 Å². The summed E-state index contributed by atoms with van der Waals surface area (Å²) in [7, 11) is 0. The van der Waals surface area contributed by atoms with Gasteiger partial charge in [0.1, 0.15) is 5.82 Å². The minimum atomic E-state index is 0.0577. The molecule has 0 saturated heterocycles. The normalized spacial score (nSPS) is 11.1. The van der Waals surface area contributed by atoms with Crippen LogP contribution in [0, 0.1) is 6.92 Å². The summed E-state index contributed by atoms with van der Waals surface area (Å²) < 4.78 is 0.